The van der Waals surface area contributed by atoms with Gasteiger partial charge >= 0.3 is 17.9 Å². The smallest absolute Gasteiger partial charge is 0.306 e. The summed E-state index contributed by atoms with van der Waals surface area (Å²) in [7, 11) is 0. The van der Waals surface area contributed by atoms with Crippen molar-refractivity contribution in [3.8, 4) is 0 Å². The first-order chi connectivity index (χ1) is 30.5. The highest BCUT2D eigenvalue weighted by molar-refractivity contribution is 5.71. The van der Waals surface area contributed by atoms with E-state index in [1.165, 1.54) is 57.8 Å². The van der Waals surface area contributed by atoms with Gasteiger partial charge in [-0.05, 0) is 116 Å². The van der Waals surface area contributed by atoms with E-state index in [9.17, 15) is 14.4 Å². The maximum absolute atomic E-state index is 12.8. The lowest BCUT2D eigenvalue weighted by Crippen LogP contribution is -2.30. The van der Waals surface area contributed by atoms with Gasteiger partial charge in [-0.15, -0.1) is 0 Å². The Morgan fingerprint density at radius 1 is 0.339 bits per heavy atom. The van der Waals surface area contributed by atoms with Crippen LogP contribution >= 0.6 is 0 Å². The Labute approximate surface area is 381 Å². The summed E-state index contributed by atoms with van der Waals surface area (Å²) >= 11 is 0. The van der Waals surface area contributed by atoms with Gasteiger partial charge in [0.05, 0.1) is 0 Å². The summed E-state index contributed by atoms with van der Waals surface area (Å²) < 4.78 is 16.7. The molecule has 0 amide bonds. The van der Waals surface area contributed by atoms with Gasteiger partial charge in [0.2, 0.25) is 0 Å². The minimum absolute atomic E-state index is 0.103. The van der Waals surface area contributed by atoms with E-state index >= 15 is 0 Å². The fourth-order valence-electron chi connectivity index (χ4n) is 6.56. The molecule has 1 unspecified atom stereocenters. The average molecular weight is 861 g/mol. The van der Waals surface area contributed by atoms with Crippen LogP contribution in [0.25, 0.3) is 0 Å². The quantitative estimate of drug-likeness (QED) is 0.0263. The molecule has 0 aliphatic carbocycles. The Morgan fingerprint density at radius 3 is 1.03 bits per heavy atom. The second kappa shape index (κ2) is 50.0. The largest absolute Gasteiger partial charge is 0.462 e. The van der Waals surface area contributed by atoms with Crippen LogP contribution in [0.1, 0.15) is 220 Å². The zero-order valence-electron chi connectivity index (χ0n) is 40.1. The van der Waals surface area contributed by atoms with Crippen LogP contribution in [0.3, 0.4) is 0 Å². The molecule has 0 aromatic carbocycles. The normalized spacial score (nSPS) is 12.9. The summed E-state index contributed by atoms with van der Waals surface area (Å²) in [6, 6.07) is 0. The monoisotopic (exact) mass is 861 g/mol. The number of unbranched alkanes of at least 4 members (excludes halogenated alkanes) is 17. The van der Waals surface area contributed by atoms with Crippen molar-refractivity contribution in [1.82, 2.24) is 0 Å². The molecule has 0 aromatic heterocycles. The van der Waals surface area contributed by atoms with E-state index in [0.717, 1.165) is 116 Å². The summed E-state index contributed by atoms with van der Waals surface area (Å²) in [5.41, 5.74) is 0. The molecule has 0 aliphatic rings. The molecule has 0 fully saturated rings. The predicted molar refractivity (Wildman–Crippen MR) is 265 cm³/mol. The van der Waals surface area contributed by atoms with E-state index in [1.54, 1.807) is 0 Å². The molecule has 0 aliphatic heterocycles. The molecule has 0 saturated heterocycles. The number of carbonyl (C=O) groups is 3. The average Bonchev–Trinajstić information content (AvgIpc) is 3.27. The van der Waals surface area contributed by atoms with Gasteiger partial charge < -0.3 is 14.2 Å². The first kappa shape index (κ1) is 58.3. The van der Waals surface area contributed by atoms with E-state index in [0.29, 0.717) is 19.3 Å². The van der Waals surface area contributed by atoms with Gasteiger partial charge in [0.1, 0.15) is 13.2 Å². The number of hydrogen-bond donors (Lipinski definition) is 0. The molecule has 6 nitrogen and oxygen atoms in total. The van der Waals surface area contributed by atoms with Crippen molar-refractivity contribution in [2.24, 2.45) is 0 Å². The Kier molecular flexibility index (Phi) is 47.0. The lowest BCUT2D eigenvalue weighted by molar-refractivity contribution is -0.167. The van der Waals surface area contributed by atoms with Crippen LogP contribution in [0.5, 0.6) is 0 Å². The van der Waals surface area contributed by atoms with Gasteiger partial charge in [-0.1, -0.05) is 182 Å². The molecule has 352 valence electrons. The highest BCUT2D eigenvalue weighted by Crippen LogP contribution is 2.13. The van der Waals surface area contributed by atoms with Crippen LogP contribution in [0.2, 0.25) is 0 Å². The van der Waals surface area contributed by atoms with Crippen molar-refractivity contribution < 1.29 is 28.6 Å². The fourth-order valence-corrected chi connectivity index (χ4v) is 6.56. The number of hydrogen-bond acceptors (Lipinski definition) is 6. The number of carbonyl (C=O) groups excluding carboxylic acids is 3. The Hall–Kier alpha value is -3.67. The Bertz CT molecular complexity index is 1260. The second-order valence-electron chi connectivity index (χ2n) is 16.3. The molecule has 0 bridgehead atoms. The van der Waals surface area contributed by atoms with Crippen molar-refractivity contribution in [3.05, 3.63) is 97.2 Å². The third-order valence-electron chi connectivity index (χ3n) is 10.3. The van der Waals surface area contributed by atoms with Crippen molar-refractivity contribution in [1.29, 1.82) is 0 Å². The SMILES string of the molecule is CC/C=C\C/C=C\C/C=C\C/C=C\CCCCC(=O)OC(COC(=O)CCCCCCC/C=C\CCCCC)COC(=O)CCCCCCCCC/C=C\C/C=C\C/C=C\CC. The Morgan fingerprint density at radius 2 is 0.629 bits per heavy atom. The van der Waals surface area contributed by atoms with E-state index in [4.69, 9.17) is 14.2 Å². The third kappa shape index (κ3) is 47.4. The lowest BCUT2D eigenvalue weighted by Gasteiger charge is -2.18. The zero-order valence-corrected chi connectivity index (χ0v) is 40.1. The molecule has 0 saturated carbocycles. The fraction of sp³-hybridized carbons (Fsp3) is 0.661. The number of ether oxygens (including phenoxy) is 3. The molecule has 62 heavy (non-hydrogen) atoms. The van der Waals surface area contributed by atoms with E-state index in [1.807, 2.05) is 0 Å². The first-order valence-corrected chi connectivity index (χ1v) is 25.2. The summed E-state index contributed by atoms with van der Waals surface area (Å²) in [4.78, 5) is 37.9. The van der Waals surface area contributed by atoms with Crippen LogP contribution in [-0.2, 0) is 28.6 Å². The first-order valence-electron chi connectivity index (χ1n) is 25.2. The second-order valence-corrected chi connectivity index (χ2v) is 16.3. The molecule has 0 aromatic rings. The van der Waals surface area contributed by atoms with Crippen LogP contribution in [0.15, 0.2) is 97.2 Å². The van der Waals surface area contributed by atoms with Crippen molar-refractivity contribution in [3.63, 3.8) is 0 Å². The highest BCUT2D eigenvalue weighted by atomic mass is 16.6. The zero-order chi connectivity index (χ0) is 45.1. The van der Waals surface area contributed by atoms with E-state index in [-0.39, 0.29) is 37.5 Å². The lowest BCUT2D eigenvalue weighted by atomic mass is 10.1. The molecule has 0 heterocycles. The number of allylic oxidation sites excluding steroid dienone is 16. The number of esters is 3. The summed E-state index contributed by atoms with van der Waals surface area (Å²) in [6.07, 6.45) is 65.3. The molecule has 0 spiro atoms. The van der Waals surface area contributed by atoms with E-state index in [2.05, 4.69) is 118 Å². The molecule has 1 atom stereocenters. The molecule has 0 radical (unpaired) electrons. The maximum Gasteiger partial charge on any atom is 0.306 e. The molecule has 0 rings (SSSR count). The van der Waals surface area contributed by atoms with Gasteiger partial charge in [0, 0.05) is 19.3 Å². The minimum Gasteiger partial charge on any atom is -0.462 e. The van der Waals surface area contributed by atoms with Gasteiger partial charge in [-0.3, -0.25) is 14.4 Å². The maximum atomic E-state index is 12.8. The standard InChI is InChI=1S/C56H92O6/c1-4-7-10-13-16-19-22-25-27-28-30-31-34-37-40-43-46-49-55(58)61-52-53(51-60-54(57)48-45-42-39-36-33-24-21-18-15-12-9-6-3)62-56(59)50-47-44-41-38-35-32-29-26-23-20-17-14-11-8-5-2/h7-8,10-11,16-21,25-27,29,35,38,53H,4-6,9,12-15,22-24,28,30-34,36-37,39-52H2,1-3H3/b10-7-,11-8-,19-16-,20-17-,21-18-,27-25-,29-26-,38-35-. The molecular weight excluding hydrogens is 769 g/mol. The predicted octanol–water partition coefficient (Wildman–Crippen LogP) is 16.6. The van der Waals surface area contributed by atoms with Gasteiger partial charge in [-0.25, -0.2) is 0 Å². The topological polar surface area (TPSA) is 78.9 Å². The van der Waals surface area contributed by atoms with Crippen LogP contribution in [0, 0.1) is 0 Å². The van der Waals surface area contributed by atoms with Gasteiger partial charge in [0.15, 0.2) is 6.10 Å². The highest BCUT2D eigenvalue weighted by Gasteiger charge is 2.19. The Balaban J connectivity index is 4.48. The van der Waals surface area contributed by atoms with Crippen LogP contribution in [0.4, 0.5) is 0 Å². The summed E-state index contributed by atoms with van der Waals surface area (Å²) in [5.74, 6) is -0.968. The summed E-state index contributed by atoms with van der Waals surface area (Å²) in [6.45, 7) is 6.32. The van der Waals surface area contributed by atoms with Crippen molar-refractivity contribution in [2.45, 2.75) is 226 Å². The van der Waals surface area contributed by atoms with Crippen LogP contribution < -0.4 is 0 Å². The van der Waals surface area contributed by atoms with Crippen LogP contribution in [-0.4, -0.2) is 37.2 Å². The molecule has 0 N–H and O–H groups in total. The minimum atomic E-state index is -0.806. The molecule has 6 heteroatoms. The third-order valence-corrected chi connectivity index (χ3v) is 10.3. The molecular formula is C56H92O6. The summed E-state index contributed by atoms with van der Waals surface area (Å²) in [5, 5.41) is 0. The van der Waals surface area contributed by atoms with Crippen molar-refractivity contribution in [2.75, 3.05) is 13.2 Å². The van der Waals surface area contributed by atoms with Gasteiger partial charge in [0.25, 0.3) is 0 Å². The van der Waals surface area contributed by atoms with E-state index < -0.39 is 6.10 Å². The van der Waals surface area contributed by atoms with Crippen molar-refractivity contribution >= 4 is 17.9 Å². The van der Waals surface area contributed by atoms with Gasteiger partial charge in [-0.2, -0.15) is 0 Å². The number of rotatable bonds is 44.